The van der Waals surface area contributed by atoms with E-state index in [2.05, 4.69) is 29.5 Å². The smallest absolute Gasteiger partial charge is 0.317 e. The highest BCUT2D eigenvalue weighted by molar-refractivity contribution is 7.09. The number of hydrogen-bond acceptors (Lipinski definition) is 3. The van der Waals surface area contributed by atoms with Crippen molar-refractivity contribution in [1.29, 1.82) is 0 Å². The topological polar surface area (TPSA) is 50.2 Å². The Hall–Kier alpha value is -1.82. The molecular formula is C16H24N4OS. The van der Waals surface area contributed by atoms with Crippen molar-refractivity contribution in [2.24, 2.45) is 0 Å². The third kappa shape index (κ3) is 4.59. The van der Waals surface area contributed by atoms with E-state index in [1.54, 1.807) is 11.3 Å². The fourth-order valence-corrected chi connectivity index (χ4v) is 3.07. The van der Waals surface area contributed by atoms with Crippen LogP contribution in [0.1, 0.15) is 29.6 Å². The lowest BCUT2D eigenvalue weighted by atomic mass is 10.4. The molecule has 2 aromatic heterocycles. The van der Waals surface area contributed by atoms with Gasteiger partial charge in [0.2, 0.25) is 0 Å². The largest absolute Gasteiger partial charge is 0.338 e. The maximum Gasteiger partial charge on any atom is 0.317 e. The zero-order valence-electron chi connectivity index (χ0n) is 13.5. The first-order chi connectivity index (χ1) is 10.6. The highest BCUT2D eigenvalue weighted by Crippen LogP contribution is 2.11. The van der Waals surface area contributed by atoms with Crippen molar-refractivity contribution in [1.82, 2.24) is 20.0 Å². The van der Waals surface area contributed by atoms with Crippen LogP contribution in [-0.4, -0.2) is 33.8 Å². The van der Waals surface area contributed by atoms with Gasteiger partial charge in [-0.25, -0.2) is 4.79 Å². The lowest BCUT2D eigenvalue weighted by molar-refractivity contribution is 0.198. The van der Waals surface area contributed by atoms with E-state index < -0.39 is 0 Å². The third-order valence-corrected chi connectivity index (χ3v) is 4.38. The number of carbonyl (C=O) groups excluding carboxylic acids is 1. The lowest BCUT2D eigenvalue weighted by Crippen LogP contribution is -2.39. The lowest BCUT2D eigenvalue weighted by Gasteiger charge is -2.20. The summed E-state index contributed by atoms with van der Waals surface area (Å²) in [6, 6.07) is 6.14. The quantitative estimate of drug-likeness (QED) is 0.797. The van der Waals surface area contributed by atoms with Gasteiger partial charge in [-0.3, -0.25) is 4.68 Å². The first kappa shape index (κ1) is 16.5. The Morgan fingerprint density at radius 1 is 1.45 bits per heavy atom. The van der Waals surface area contributed by atoms with Crippen molar-refractivity contribution >= 4 is 17.4 Å². The number of aromatic nitrogens is 2. The van der Waals surface area contributed by atoms with Crippen molar-refractivity contribution in [3.8, 4) is 0 Å². The van der Waals surface area contributed by atoms with Gasteiger partial charge < -0.3 is 10.2 Å². The van der Waals surface area contributed by atoms with Gasteiger partial charge in [0.25, 0.3) is 0 Å². The first-order valence-corrected chi connectivity index (χ1v) is 8.54. The molecule has 0 saturated heterocycles. The molecule has 22 heavy (non-hydrogen) atoms. The number of aryl methyl sites for hydroxylation is 3. The molecule has 120 valence electrons. The molecule has 1 N–H and O–H groups in total. The molecule has 0 unspecified atom stereocenters. The van der Waals surface area contributed by atoms with Crippen molar-refractivity contribution < 1.29 is 4.79 Å². The fraction of sp³-hybridized carbons (Fsp3) is 0.500. The van der Waals surface area contributed by atoms with Crippen LogP contribution >= 0.6 is 11.3 Å². The number of hydrogen-bond donors (Lipinski definition) is 1. The Balaban J connectivity index is 1.73. The SMILES string of the molecule is CCN(Cc1cccs1)C(=O)NCCCn1nc(C)cc1C. The van der Waals surface area contributed by atoms with Crippen LogP contribution < -0.4 is 5.32 Å². The first-order valence-electron chi connectivity index (χ1n) is 7.66. The fourth-order valence-electron chi connectivity index (χ4n) is 2.36. The Morgan fingerprint density at radius 2 is 2.27 bits per heavy atom. The average Bonchev–Trinajstić information content (AvgIpc) is 3.10. The standard InChI is InChI=1S/C16H24N4OS/c1-4-19(12-15-7-5-10-22-15)16(21)17-8-6-9-20-14(3)11-13(2)18-20/h5,7,10-11H,4,6,8-9,12H2,1-3H3,(H,17,21). The summed E-state index contributed by atoms with van der Waals surface area (Å²) in [4.78, 5) is 15.2. The van der Waals surface area contributed by atoms with Crippen LogP contribution in [0.5, 0.6) is 0 Å². The second-order valence-electron chi connectivity index (χ2n) is 5.33. The normalized spacial score (nSPS) is 10.7. The molecule has 5 nitrogen and oxygen atoms in total. The summed E-state index contributed by atoms with van der Waals surface area (Å²) in [7, 11) is 0. The molecule has 0 spiro atoms. The van der Waals surface area contributed by atoms with Gasteiger partial charge in [-0.15, -0.1) is 11.3 Å². The van der Waals surface area contributed by atoms with Crippen molar-refractivity contribution in [3.05, 3.63) is 39.8 Å². The van der Waals surface area contributed by atoms with E-state index in [-0.39, 0.29) is 6.03 Å². The van der Waals surface area contributed by atoms with E-state index in [0.29, 0.717) is 19.6 Å². The highest BCUT2D eigenvalue weighted by atomic mass is 32.1. The van der Waals surface area contributed by atoms with Crippen LogP contribution in [0, 0.1) is 13.8 Å². The Kier molecular flexibility index (Phi) is 6.00. The Labute approximate surface area is 135 Å². The molecular weight excluding hydrogens is 296 g/mol. The monoisotopic (exact) mass is 320 g/mol. The average molecular weight is 320 g/mol. The number of rotatable bonds is 7. The number of nitrogens with zero attached hydrogens (tertiary/aromatic N) is 3. The van der Waals surface area contributed by atoms with E-state index in [1.165, 1.54) is 4.88 Å². The molecule has 0 saturated carbocycles. The number of amides is 2. The summed E-state index contributed by atoms with van der Waals surface area (Å²) in [5.74, 6) is 0. The predicted octanol–water partition coefficient (Wildman–Crippen LogP) is 3.18. The number of carbonyl (C=O) groups is 1. The van der Waals surface area contributed by atoms with Gasteiger partial charge in [-0.2, -0.15) is 5.10 Å². The number of nitrogens with one attached hydrogen (secondary N) is 1. The summed E-state index contributed by atoms with van der Waals surface area (Å²) in [5.41, 5.74) is 2.20. The molecule has 6 heteroatoms. The predicted molar refractivity (Wildman–Crippen MR) is 90.1 cm³/mol. The minimum atomic E-state index is 0.00395. The molecule has 0 aromatic carbocycles. The van der Waals surface area contributed by atoms with Crippen molar-refractivity contribution in [2.75, 3.05) is 13.1 Å². The summed E-state index contributed by atoms with van der Waals surface area (Å²) in [5, 5.41) is 9.45. The van der Waals surface area contributed by atoms with E-state index in [1.807, 2.05) is 34.9 Å². The van der Waals surface area contributed by atoms with Crippen LogP contribution in [0.3, 0.4) is 0 Å². The third-order valence-electron chi connectivity index (χ3n) is 3.52. The van der Waals surface area contributed by atoms with E-state index in [0.717, 1.165) is 24.4 Å². The van der Waals surface area contributed by atoms with Gasteiger partial charge in [0.05, 0.1) is 12.2 Å². The van der Waals surface area contributed by atoms with Crippen LogP contribution in [-0.2, 0) is 13.1 Å². The minimum Gasteiger partial charge on any atom is -0.338 e. The molecule has 2 rings (SSSR count). The second-order valence-corrected chi connectivity index (χ2v) is 6.36. The van der Waals surface area contributed by atoms with E-state index in [4.69, 9.17) is 0 Å². The molecule has 2 amide bonds. The van der Waals surface area contributed by atoms with Gasteiger partial charge in [0.1, 0.15) is 0 Å². The van der Waals surface area contributed by atoms with Crippen LogP contribution in [0.4, 0.5) is 4.79 Å². The van der Waals surface area contributed by atoms with Gasteiger partial charge in [-0.05, 0) is 44.7 Å². The zero-order valence-corrected chi connectivity index (χ0v) is 14.3. The van der Waals surface area contributed by atoms with Gasteiger partial charge in [0, 0.05) is 30.2 Å². The summed E-state index contributed by atoms with van der Waals surface area (Å²) in [6.45, 7) is 8.93. The molecule has 0 bridgehead atoms. The van der Waals surface area contributed by atoms with Gasteiger partial charge >= 0.3 is 6.03 Å². The Morgan fingerprint density at radius 3 is 2.86 bits per heavy atom. The molecule has 0 aliphatic carbocycles. The van der Waals surface area contributed by atoms with Crippen molar-refractivity contribution in [2.45, 2.75) is 40.3 Å². The summed E-state index contributed by atoms with van der Waals surface area (Å²) < 4.78 is 1.99. The van der Waals surface area contributed by atoms with Crippen LogP contribution in [0.2, 0.25) is 0 Å². The Bertz CT molecular complexity index is 591. The highest BCUT2D eigenvalue weighted by Gasteiger charge is 2.11. The zero-order chi connectivity index (χ0) is 15.9. The molecule has 0 radical (unpaired) electrons. The van der Waals surface area contributed by atoms with Crippen molar-refractivity contribution in [3.63, 3.8) is 0 Å². The van der Waals surface area contributed by atoms with E-state index in [9.17, 15) is 4.79 Å². The number of thiophene rings is 1. The molecule has 0 aliphatic rings. The maximum absolute atomic E-state index is 12.2. The maximum atomic E-state index is 12.2. The van der Waals surface area contributed by atoms with Crippen LogP contribution in [0.15, 0.2) is 23.6 Å². The van der Waals surface area contributed by atoms with Gasteiger partial charge in [-0.1, -0.05) is 6.07 Å². The molecule has 0 aliphatic heterocycles. The second kappa shape index (κ2) is 7.98. The van der Waals surface area contributed by atoms with Gasteiger partial charge in [0.15, 0.2) is 0 Å². The summed E-state index contributed by atoms with van der Waals surface area (Å²) in [6.07, 6.45) is 0.879. The molecule has 0 atom stereocenters. The molecule has 2 aromatic rings. The van der Waals surface area contributed by atoms with E-state index >= 15 is 0 Å². The summed E-state index contributed by atoms with van der Waals surface area (Å²) >= 11 is 1.68. The van der Waals surface area contributed by atoms with Crippen LogP contribution in [0.25, 0.3) is 0 Å². The molecule has 0 fully saturated rings. The number of urea groups is 1. The molecule has 2 heterocycles. The minimum absolute atomic E-state index is 0.00395.